The van der Waals surface area contributed by atoms with Crippen molar-refractivity contribution in [1.29, 1.82) is 0 Å². The van der Waals surface area contributed by atoms with Crippen LogP contribution in [-0.2, 0) is 0 Å². The number of hydrogen-bond donors (Lipinski definition) is 1. The van der Waals surface area contributed by atoms with Crippen molar-refractivity contribution >= 4 is 0 Å². The summed E-state index contributed by atoms with van der Waals surface area (Å²) in [7, 11) is 4.33. The summed E-state index contributed by atoms with van der Waals surface area (Å²) in [6, 6.07) is 0.714. The van der Waals surface area contributed by atoms with Gasteiger partial charge in [-0.2, -0.15) is 0 Å². The molecule has 0 aromatic rings. The Morgan fingerprint density at radius 2 is 2.13 bits per heavy atom. The molecule has 1 atom stereocenters. The van der Waals surface area contributed by atoms with E-state index in [4.69, 9.17) is 0 Å². The summed E-state index contributed by atoms with van der Waals surface area (Å²) in [5.74, 6) is 0. The molecular formula is C12H27N3. The van der Waals surface area contributed by atoms with Gasteiger partial charge in [0.05, 0.1) is 0 Å². The lowest BCUT2D eigenvalue weighted by molar-refractivity contribution is 0.131. The fourth-order valence-corrected chi connectivity index (χ4v) is 2.26. The van der Waals surface area contributed by atoms with Gasteiger partial charge < -0.3 is 10.2 Å². The molecule has 0 spiro atoms. The quantitative estimate of drug-likeness (QED) is 0.664. The number of nitrogens with one attached hydrogen (secondary N) is 1. The monoisotopic (exact) mass is 213 g/mol. The molecule has 1 saturated heterocycles. The van der Waals surface area contributed by atoms with E-state index in [9.17, 15) is 0 Å². The van der Waals surface area contributed by atoms with E-state index >= 15 is 0 Å². The van der Waals surface area contributed by atoms with Gasteiger partial charge in [0, 0.05) is 32.2 Å². The Morgan fingerprint density at radius 1 is 1.33 bits per heavy atom. The average Bonchev–Trinajstić information content (AvgIpc) is 2.20. The van der Waals surface area contributed by atoms with Crippen molar-refractivity contribution in [2.45, 2.75) is 32.2 Å². The zero-order chi connectivity index (χ0) is 11.1. The molecule has 0 amide bonds. The first-order valence-electron chi connectivity index (χ1n) is 6.33. The molecule has 3 nitrogen and oxygen atoms in total. The van der Waals surface area contributed by atoms with E-state index in [-0.39, 0.29) is 0 Å². The van der Waals surface area contributed by atoms with Gasteiger partial charge in [0.25, 0.3) is 0 Å². The Labute approximate surface area is 94.8 Å². The molecule has 1 aliphatic heterocycles. The third-order valence-corrected chi connectivity index (χ3v) is 3.10. The topological polar surface area (TPSA) is 18.5 Å². The molecule has 1 fully saturated rings. The molecule has 0 aromatic heterocycles. The highest BCUT2D eigenvalue weighted by atomic mass is 15.2. The molecule has 90 valence electrons. The third kappa shape index (κ3) is 4.96. The van der Waals surface area contributed by atoms with Crippen LogP contribution < -0.4 is 5.32 Å². The van der Waals surface area contributed by atoms with Gasteiger partial charge in [0.15, 0.2) is 0 Å². The van der Waals surface area contributed by atoms with Crippen LogP contribution in [0.15, 0.2) is 0 Å². The lowest BCUT2D eigenvalue weighted by Crippen LogP contribution is -2.55. The van der Waals surface area contributed by atoms with Crippen LogP contribution in [0.1, 0.15) is 26.2 Å². The van der Waals surface area contributed by atoms with Gasteiger partial charge in [-0.05, 0) is 27.1 Å². The highest BCUT2D eigenvalue weighted by Gasteiger charge is 2.21. The van der Waals surface area contributed by atoms with E-state index in [2.05, 4.69) is 36.1 Å². The smallest absolute Gasteiger partial charge is 0.0348 e. The second-order valence-electron chi connectivity index (χ2n) is 4.86. The van der Waals surface area contributed by atoms with Gasteiger partial charge in [-0.1, -0.05) is 19.8 Å². The Balaban J connectivity index is 2.29. The van der Waals surface area contributed by atoms with E-state index in [0.717, 1.165) is 13.1 Å². The second kappa shape index (κ2) is 7.20. The normalized spacial score (nSPS) is 23.6. The molecule has 0 saturated carbocycles. The summed E-state index contributed by atoms with van der Waals surface area (Å²) < 4.78 is 0. The predicted octanol–water partition coefficient (Wildman–Crippen LogP) is 1.01. The summed E-state index contributed by atoms with van der Waals surface area (Å²) in [5.41, 5.74) is 0. The molecule has 1 rings (SSSR count). The highest BCUT2D eigenvalue weighted by Crippen LogP contribution is 2.07. The first kappa shape index (κ1) is 12.9. The molecule has 0 radical (unpaired) electrons. The SMILES string of the molecule is CCCCCN1CCNCC1CN(C)C. The summed E-state index contributed by atoms with van der Waals surface area (Å²) in [6.45, 7) is 8.28. The van der Waals surface area contributed by atoms with E-state index in [0.29, 0.717) is 6.04 Å². The van der Waals surface area contributed by atoms with E-state index in [1.54, 1.807) is 0 Å². The van der Waals surface area contributed by atoms with Gasteiger partial charge in [-0.15, -0.1) is 0 Å². The number of unbranched alkanes of at least 4 members (excludes halogenated alkanes) is 2. The summed E-state index contributed by atoms with van der Waals surface area (Å²) in [6.07, 6.45) is 4.06. The number of hydrogen-bond acceptors (Lipinski definition) is 3. The van der Waals surface area contributed by atoms with Crippen LogP contribution >= 0.6 is 0 Å². The molecule has 0 aliphatic carbocycles. The summed E-state index contributed by atoms with van der Waals surface area (Å²) >= 11 is 0. The molecule has 1 unspecified atom stereocenters. The third-order valence-electron chi connectivity index (χ3n) is 3.10. The van der Waals surface area contributed by atoms with Crippen molar-refractivity contribution in [2.24, 2.45) is 0 Å². The molecular weight excluding hydrogens is 186 g/mol. The van der Waals surface area contributed by atoms with Crippen molar-refractivity contribution in [1.82, 2.24) is 15.1 Å². The van der Waals surface area contributed by atoms with Gasteiger partial charge in [-0.3, -0.25) is 4.90 Å². The second-order valence-corrected chi connectivity index (χ2v) is 4.86. The minimum Gasteiger partial charge on any atom is -0.314 e. The maximum atomic E-state index is 3.49. The van der Waals surface area contributed by atoms with Crippen LogP contribution in [0.2, 0.25) is 0 Å². The fourth-order valence-electron chi connectivity index (χ4n) is 2.26. The highest BCUT2D eigenvalue weighted by molar-refractivity contribution is 4.81. The van der Waals surface area contributed by atoms with Crippen molar-refractivity contribution in [3.05, 3.63) is 0 Å². The predicted molar refractivity (Wildman–Crippen MR) is 66.3 cm³/mol. The van der Waals surface area contributed by atoms with E-state index in [1.807, 2.05) is 0 Å². The maximum Gasteiger partial charge on any atom is 0.0348 e. The van der Waals surface area contributed by atoms with Crippen LogP contribution in [-0.4, -0.2) is 62.7 Å². The lowest BCUT2D eigenvalue weighted by Gasteiger charge is -2.37. The van der Waals surface area contributed by atoms with Gasteiger partial charge >= 0.3 is 0 Å². The molecule has 3 heteroatoms. The van der Waals surface area contributed by atoms with Crippen molar-refractivity contribution in [3.8, 4) is 0 Å². The largest absolute Gasteiger partial charge is 0.314 e. The van der Waals surface area contributed by atoms with Gasteiger partial charge in [0.1, 0.15) is 0 Å². The van der Waals surface area contributed by atoms with Gasteiger partial charge in [-0.25, -0.2) is 0 Å². The van der Waals surface area contributed by atoms with Crippen molar-refractivity contribution < 1.29 is 0 Å². The minimum absolute atomic E-state index is 0.714. The molecule has 15 heavy (non-hydrogen) atoms. The van der Waals surface area contributed by atoms with Gasteiger partial charge in [0.2, 0.25) is 0 Å². The lowest BCUT2D eigenvalue weighted by atomic mass is 10.1. The van der Waals surface area contributed by atoms with Crippen LogP contribution in [0.3, 0.4) is 0 Å². The Kier molecular flexibility index (Phi) is 6.22. The van der Waals surface area contributed by atoms with Crippen LogP contribution in [0.25, 0.3) is 0 Å². The summed E-state index contributed by atoms with van der Waals surface area (Å²) in [5, 5.41) is 3.49. The van der Waals surface area contributed by atoms with Crippen molar-refractivity contribution in [3.63, 3.8) is 0 Å². The van der Waals surface area contributed by atoms with Crippen molar-refractivity contribution in [2.75, 3.05) is 46.8 Å². The maximum absolute atomic E-state index is 3.49. The zero-order valence-electron chi connectivity index (χ0n) is 10.6. The number of likely N-dealkylation sites (N-methyl/N-ethyl adjacent to an activating group) is 1. The average molecular weight is 213 g/mol. The molecule has 1 aliphatic rings. The number of nitrogens with zero attached hydrogens (tertiary/aromatic N) is 2. The fraction of sp³-hybridized carbons (Fsp3) is 1.00. The first-order valence-corrected chi connectivity index (χ1v) is 6.33. The van der Waals surface area contributed by atoms with Crippen LogP contribution in [0.4, 0.5) is 0 Å². The molecule has 0 bridgehead atoms. The van der Waals surface area contributed by atoms with E-state index in [1.165, 1.54) is 38.9 Å². The Hall–Kier alpha value is -0.120. The zero-order valence-corrected chi connectivity index (χ0v) is 10.6. The standard InChI is InChI=1S/C12H27N3/c1-4-5-6-8-15-9-7-13-10-12(15)11-14(2)3/h12-13H,4-11H2,1-3H3. The van der Waals surface area contributed by atoms with E-state index < -0.39 is 0 Å². The number of piperazine rings is 1. The molecule has 1 N–H and O–H groups in total. The number of rotatable bonds is 6. The summed E-state index contributed by atoms with van der Waals surface area (Å²) in [4.78, 5) is 4.96. The first-order chi connectivity index (χ1) is 7.24. The Bertz CT molecular complexity index is 159. The Morgan fingerprint density at radius 3 is 2.80 bits per heavy atom. The molecule has 0 aromatic carbocycles. The van der Waals surface area contributed by atoms with Crippen LogP contribution in [0.5, 0.6) is 0 Å². The van der Waals surface area contributed by atoms with Crippen LogP contribution in [0, 0.1) is 0 Å². The molecule has 1 heterocycles. The minimum atomic E-state index is 0.714.